The van der Waals surface area contributed by atoms with E-state index in [-0.39, 0.29) is 31.4 Å². The number of rotatable bonds is 27. The maximum atomic E-state index is 13.3. The number of aryl methyl sites for hydroxylation is 5. The summed E-state index contributed by atoms with van der Waals surface area (Å²) in [6.45, 7) is 15.1. The van der Waals surface area contributed by atoms with Gasteiger partial charge in [-0.25, -0.2) is 0 Å². The molecule has 0 unspecified atom stereocenters. The lowest BCUT2D eigenvalue weighted by molar-refractivity contribution is -0.139. The topological polar surface area (TPSA) is 148 Å². The van der Waals surface area contributed by atoms with Gasteiger partial charge < -0.3 is 31.3 Å². The zero-order valence-corrected chi connectivity index (χ0v) is 48.5. The van der Waals surface area contributed by atoms with Crippen LogP contribution in [0, 0.1) is 106 Å². The zero-order valence-electron chi connectivity index (χ0n) is 48.5. The first-order valence-corrected chi connectivity index (χ1v) is 30.0. The molecule has 6 aliphatic carbocycles. The molecule has 3 aromatic rings. The van der Waals surface area contributed by atoms with Crippen LogP contribution in [-0.2, 0) is 40.2 Å². The van der Waals surface area contributed by atoms with Gasteiger partial charge in [0.25, 0.3) is 0 Å². The van der Waals surface area contributed by atoms with E-state index in [1.54, 1.807) is 19.1 Å². The SMILES string of the molecule is Cc1ccc(CNC[C@@H]2[C@@H](/C=C\CCCC(=O)O)[C@H]3C=C[C@@H]2C3)c(C(F)(F)F)c1.Cc1ccc(CNC[C@@H]2[C@@H](/C=C\CCCC(=O)O)[C@H]3C=C[C@@H]2C3)c(C)c1.Cc1ccc(CNC[C@@H]2[C@@H](/C=C\CCCC(=O)O)[C@H]3C=C[C@@H]2C3)c(C)c1. The number of carbonyl (C=O) groups is 3. The maximum absolute atomic E-state index is 13.3. The lowest BCUT2D eigenvalue weighted by atomic mass is 9.82. The predicted octanol–water partition coefficient (Wildman–Crippen LogP) is 14.6. The monoisotopic (exact) mass is 1110 g/mol. The molecule has 9 nitrogen and oxygen atoms in total. The maximum Gasteiger partial charge on any atom is 0.416 e. The van der Waals surface area contributed by atoms with E-state index in [1.165, 1.54) is 52.3 Å². The van der Waals surface area contributed by atoms with Gasteiger partial charge in [-0.05, 0) is 217 Å². The Morgan fingerprint density at radius 2 is 0.778 bits per heavy atom. The average molecular weight is 1110 g/mol. The van der Waals surface area contributed by atoms with Crippen molar-refractivity contribution in [3.8, 4) is 0 Å². The number of carboxylic acid groups (broad SMARTS) is 3. The molecule has 81 heavy (non-hydrogen) atoms. The van der Waals surface area contributed by atoms with Crippen molar-refractivity contribution in [3.63, 3.8) is 0 Å². The molecule has 0 heterocycles. The summed E-state index contributed by atoms with van der Waals surface area (Å²) in [7, 11) is 0. The van der Waals surface area contributed by atoms with Crippen molar-refractivity contribution in [2.45, 2.75) is 137 Å². The molecule has 0 aliphatic heterocycles. The standard InChI is InChI=1S/C23H28F3NO2.2C23H31NO2/c1-15-7-8-18(21(11-15)23(24,25)26)13-27-14-20-17-10-9-16(12-17)19(20)5-3-2-4-6-22(28)29;2*1-16-8-9-20(17(2)12-16)14-24-15-22-19-11-10-18(13-19)21(22)6-4-3-5-7-23(25)26/h3,5,7-11,16-17,19-20,27H,2,4,6,12-14H2,1H3,(H,28,29);2*4,6,8-12,18-19,21-22,24H,3,5,7,13-15H2,1-2H3,(H,25,26)/b5-3-;2*6-4-/t16-,17+,19-,20-;2*18-,19+,21-,22-/m000/s1. The Labute approximate surface area is 480 Å². The van der Waals surface area contributed by atoms with Crippen LogP contribution < -0.4 is 16.0 Å². The quantitative estimate of drug-likeness (QED) is 0.0324. The number of aliphatic carboxylic acids is 3. The summed E-state index contributed by atoms with van der Waals surface area (Å²) >= 11 is 0. The highest BCUT2D eigenvalue weighted by Crippen LogP contribution is 2.50. The van der Waals surface area contributed by atoms with E-state index < -0.39 is 29.6 Å². The Bertz CT molecular complexity index is 2640. The van der Waals surface area contributed by atoms with Gasteiger partial charge in [0, 0.05) is 38.9 Å². The van der Waals surface area contributed by atoms with Gasteiger partial charge in [0.15, 0.2) is 0 Å². The molecule has 6 N–H and O–H groups in total. The van der Waals surface area contributed by atoms with Crippen LogP contribution in [0.4, 0.5) is 13.2 Å². The third-order valence-corrected chi connectivity index (χ3v) is 18.1. The van der Waals surface area contributed by atoms with E-state index in [2.05, 4.69) is 153 Å². The summed E-state index contributed by atoms with van der Waals surface area (Å²) in [5.41, 5.74) is 8.45. The van der Waals surface area contributed by atoms with Crippen LogP contribution in [0.1, 0.15) is 127 Å². The molecule has 0 saturated heterocycles. The van der Waals surface area contributed by atoms with Gasteiger partial charge in [0.1, 0.15) is 0 Å². The van der Waals surface area contributed by atoms with Gasteiger partial charge in [-0.2, -0.15) is 13.2 Å². The first-order valence-electron chi connectivity index (χ1n) is 30.0. The van der Waals surface area contributed by atoms with E-state index >= 15 is 0 Å². The predicted molar refractivity (Wildman–Crippen MR) is 318 cm³/mol. The molecule has 438 valence electrons. The van der Waals surface area contributed by atoms with E-state index in [1.807, 2.05) is 0 Å². The van der Waals surface area contributed by atoms with E-state index in [0.717, 1.165) is 64.7 Å². The summed E-state index contributed by atoms with van der Waals surface area (Å²) in [6.07, 6.45) is 32.0. The fourth-order valence-electron chi connectivity index (χ4n) is 13.8. The highest BCUT2D eigenvalue weighted by Gasteiger charge is 2.45. The number of carboxylic acids is 3. The minimum absolute atomic E-state index is 0.171. The lowest BCUT2D eigenvalue weighted by Crippen LogP contribution is -2.30. The molecule has 3 aromatic carbocycles. The van der Waals surface area contributed by atoms with Gasteiger partial charge in [-0.3, -0.25) is 14.4 Å². The number of halogens is 3. The number of benzene rings is 3. The number of fused-ring (bicyclic) bond motifs is 6. The number of nitrogens with one attached hydrogen (secondary N) is 3. The van der Waals surface area contributed by atoms with Gasteiger partial charge in [0.2, 0.25) is 0 Å². The van der Waals surface area contributed by atoms with Gasteiger partial charge >= 0.3 is 24.1 Å². The Balaban J connectivity index is 0.000000176. The Morgan fingerprint density at radius 1 is 0.469 bits per heavy atom. The largest absolute Gasteiger partial charge is 0.481 e. The molecule has 3 fully saturated rings. The molecular formula is C69H90F3N3O6. The molecule has 9 rings (SSSR count). The van der Waals surface area contributed by atoms with Crippen LogP contribution in [0.15, 0.2) is 128 Å². The molecule has 0 amide bonds. The minimum Gasteiger partial charge on any atom is -0.481 e. The average Bonchev–Trinajstić information content (AvgIpc) is 4.42. The third kappa shape index (κ3) is 18.6. The van der Waals surface area contributed by atoms with Crippen LogP contribution in [0.5, 0.6) is 0 Å². The fourth-order valence-corrected chi connectivity index (χ4v) is 13.8. The number of hydrogen-bond donors (Lipinski definition) is 6. The molecular weight excluding hydrogens is 1020 g/mol. The van der Waals surface area contributed by atoms with Crippen molar-refractivity contribution >= 4 is 17.9 Å². The normalized spacial score (nSPS) is 26.5. The molecule has 0 spiro atoms. The number of allylic oxidation sites excluding steroid dienone is 12. The van der Waals surface area contributed by atoms with E-state index in [9.17, 15) is 27.6 Å². The third-order valence-electron chi connectivity index (χ3n) is 18.1. The van der Waals surface area contributed by atoms with Gasteiger partial charge in [0.05, 0.1) is 5.56 Å². The van der Waals surface area contributed by atoms with Crippen molar-refractivity contribution < 1.29 is 42.9 Å². The van der Waals surface area contributed by atoms with Crippen LogP contribution in [0.25, 0.3) is 0 Å². The molecule has 3 saturated carbocycles. The second-order valence-corrected chi connectivity index (χ2v) is 24.1. The van der Waals surface area contributed by atoms with Crippen LogP contribution in [-0.4, -0.2) is 52.9 Å². The summed E-state index contributed by atoms with van der Waals surface area (Å²) in [5, 5.41) is 36.8. The highest BCUT2D eigenvalue weighted by atomic mass is 19.4. The second kappa shape index (κ2) is 30.5. The number of unbranched alkanes of at least 4 members (excludes halogenated alkanes) is 3. The fraction of sp³-hybridized carbons (Fsp3) is 0.522. The molecule has 12 heteroatoms. The molecule has 0 radical (unpaired) electrons. The van der Waals surface area contributed by atoms with Crippen molar-refractivity contribution in [2.75, 3.05) is 19.6 Å². The zero-order chi connectivity index (χ0) is 58.1. The van der Waals surface area contributed by atoms with Crippen LogP contribution in [0.2, 0.25) is 0 Å². The molecule has 12 atom stereocenters. The molecule has 6 aliphatic rings. The van der Waals surface area contributed by atoms with E-state index in [0.29, 0.717) is 89.5 Å². The Morgan fingerprint density at radius 3 is 1.10 bits per heavy atom. The first-order chi connectivity index (χ1) is 38.8. The number of alkyl halides is 3. The van der Waals surface area contributed by atoms with Crippen LogP contribution >= 0.6 is 0 Å². The minimum atomic E-state index is -4.35. The Hall–Kier alpha value is -5.82. The Kier molecular flexibility index (Phi) is 23.6. The molecule has 6 bridgehead atoms. The van der Waals surface area contributed by atoms with Crippen molar-refractivity contribution in [1.82, 2.24) is 16.0 Å². The second-order valence-electron chi connectivity index (χ2n) is 24.1. The van der Waals surface area contributed by atoms with Gasteiger partial charge in [-0.1, -0.05) is 138 Å². The lowest BCUT2D eigenvalue weighted by Gasteiger charge is -2.26. The first kappa shape index (κ1) is 62.8. The van der Waals surface area contributed by atoms with Crippen LogP contribution in [0.3, 0.4) is 0 Å². The summed E-state index contributed by atoms with van der Waals surface area (Å²) < 4.78 is 39.9. The summed E-state index contributed by atoms with van der Waals surface area (Å²) in [4.78, 5) is 31.8. The summed E-state index contributed by atoms with van der Waals surface area (Å²) in [5.74, 6) is 4.73. The molecule has 0 aromatic heterocycles. The highest BCUT2D eigenvalue weighted by molar-refractivity contribution is 5.67. The van der Waals surface area contributed by atoms with Crippen molar-refractivity contribution in [1.29, 1.82) is 0 Å². The number of hydrogen-bond acceptors (Lipinski definition) is 6. The van der Waals surface area contributed by atoms with Crippen molar-refractivity contribution in [3.05, 3.63) is 178 Å². The van der Waals surface area contributed by atoms with Gasteiger partial charge in [-0.15, -0.1) is 0 Å². The van der Waals surface area contributed by atoms with Crippen molar-refractivity contribution in [2.24, 2.45) is 71.0 Å². The smallest absolute Gasteiger partial charge is 0.416 e. The van der Waals surface area contributed by atoms with E-state index in [4.69, 9.17) is 15.3 Å². The summed E-state index contributed by atoms with van der Waals surface area (Å²) in [6, 6.07) is 17.8.